The normalized spacial score (nSPS) is 11.5. The van der Waals surface area contributed by atoms with Gasteiger partial charge in [0, 0.05) is 22.5 Å². The molecule has 2 heterocycles. The third kappa shape index (κ3) is 3.99. The van der Waals surface area contributed by atoms with Crippen LogP contribution in [-0.2, 0) is 13.1 Å². The first kappa shape index (κ1) is 19.5. The molecule has 0 radical (unpaired) electrons. The Morgan fingerprint density at radius 2 is 1.79 bits per heavy atom. The zero-order chi connectivity index (χ0) is 20.5. The van der Waals surface area contributed by atoms with Crippen molar-refractivity contribution < 1.29 is 4.39 Å². The van der Waals surface area contributed by atoms with Crippen molar-refractivity contribution in [3.63, 3.8) is 0 Å². The standard InChI is InChI=1S/C23H22FN3OS/c1-14-8-10-16(11-9-14)20-15(2)29-23-21(20)22(28)25-19(26-23)13-27(3)12-17-6-4-5-7-18(17)24/h4-11H,12-13H2,1-3H3,(H,25,26,28). The number of aromatic nitrogens is 2. The van der Waals surface area contributed by atoms with E-state index in [2.05, 4.69) is 4.98 Å². The number of nitrogens with zero attached hydrogens (tertiary/aromatic N) is 2. The molecule has 0 aliphatic carbocycles. The predicted molar refractivity (Wildman–Crippen MR) is 117 cm³/mol. The van der Waals surface area contributed by atoms with E-state index in [1.54, 1.807) is 12.1 Å². The summed E-state index contributed by atoms with van der Waals surface area (Å²) >= 11 is 1.53. The first-order chi connectivity index (χ1) is 13.9. The van der Waals surface area contributed by atoms with E-state index in [4.69, 9.17) is 4.98 Å². The summed E-state index contributed by atoms with van der Waals surface area (Å²) in [5, 5.41) is 0.636. The van der Waals surface area contributed by atoms with E-state index < -0.39 is 0 Å². The number of nitrogens with one attached hydrogen (secondary N) is 1. The minimum atomic E-state index is -0.229. The summed E-state index contributed by atoms with van der Waals surface area (Å²) in [6.07, 6.45) is 0. The molecule has 0 bridgehead atoms. The first-order valence-corrected chi connectivity index (χ1v) is 10.3. The lowest BCUT2D eigenvalue weighted by molar-refractivity contribution is 0.305. The second kappa shape index (κ2) is 7.89. The quantitative estimate of drug-likeness (QED) is 0.504. The summed E-state index contributed by atoms with van der Waals surface area (Å²) in [4.78, 5) is 24.2. The Labute approximate surface area is 172 Å². The molecule has 4 aromatic rings. The van der Waals surface area contributed by atoms with Gasteiger partial charge in [-0.05, 0) is 32.5 Å². The molecule has 0 fully saturated rings. The van der Waals surface area contributed by atoms with Crippen molar-refractivity contribution in [2.45, 2.75) is 26.9 Å². The number of hydrogen-bond acceptors (Lipinski definition) is 4. The lowest BCUT2D eigenvalue weighted by atomic mass is 10.0. The van der Waals surface area contributed by atoms with Crippen molar-refractivity contribution in [2.75, 3.05) is 7.05 Å². The molecular weight excluding hydrogens is 385 g/mol. The minimum absolute atomic E-state index is 0.135. The molecule has 0 spiro atoms. The smallest absolute Gasteiger partial charge is 0.260 e. The Balaban J connectivity index is 1.65. The van der Waals surface area contributed by atoms with Crippen LogP contribution >= 0.6 is 11.3 Å². The number of H-pyrrole nitrogens is 1. The molecule has 4 rings (SSSR count). The van der Waals surface area contributed by atoms with Crippen LogP contribution in [0.4, 0.5) is 4.39 Å². The van der Waals surface area contributed by atoms with Crippen LogP contribution in [0.25, 0.3) is 21.3 Å². The van der Waals surface area contributed by atoms with Gasteiger partial charge in [-0.2, -0.15) is 0 Å². The number of aromatic amines is 1. The largest absolute Gasteiger partial charge is 0.309 e. The summed E-state index contributed by atoms with van der Waals surface area (Å²) in [6, 6.07) is 14.9. The van der Waals surface area contributed by atoms with Gasteiger partial charge in [-0.3, -0.25) is 9.69 Å². The van der Waals surface area contributed by atoms with Crippen LogP contribution in [0.1, 0.15) is 21.8 Å². The van der Waals surface area contributed by atoms with Gasteiger partial charge in [-0.1, -0.05) is 48.0 Å². The number of hydrogen-bond donors (Lipinski definition) is 1. The van der Waals surface area contributed by atoms with Crippen LogP contribution in [-0.4, -0.2) is 21.9 Å². The molecule has 29 heavy (non-hydrogen) atoms. The van der Waals surface area contributed by atoms with E-state index in [-0.39, 0.29) is 11.4 Å². The van der Waals surface area contributed by atoms with Gasteiger partial charge >= 0.3 is 0 Å². The van der Waals surface area contributed by atoms with E-state index in [1.165, 1.54) is 23.0 Å². The maximum Gasteiger partial charge on any atom is 0.260 e. The topological polar surface area (TPSA) is 49.0 Å². The van der Waals surface area contributed by atoms with E-state index in [9.17, 15) is 9.18 Å². The lowest BCUT2D eigenvalue weighted by Crippen LogP contribution is -2.22. The fourth-order valence-corrected chi connectivity index (χ4v) is 4.60. The Morgan fingerprint density at radius 3 is 2.52 bits per heavy atom. The van der Waals surface area contributed by atoms with Gasteiger partial charge in [0.1, 0.15) is 16.5 Å². The molecule has 0 aliphatic heterocycles. The molecule has 0 aliphatic rings. The lowest BCUT2D eigenvalue weighted by Gasteiger charge is -2.16. The highest BCUT2D eigenvalue weighted by atomic mass is 32.1. The molecule has 0 saturated carbocycles. The van der Waals surface area contributed by atoms with Crippen molar-refractivity contribution in [3.8, 4) is 11.1 Å². The number of fused-ring (bicyclic) bond motifs is 1. The average Bonchev–Trinajstić information content (AvgIpc) is 3.00. The molecule has 4 nitrogen and oxygen atoms in total. The van der Waals surface area contributed by atoms with Gasteiger partial charge in [-0.15, -0.1) is 11.3 Å². The van der Waals surface area contributed by atoms with Crippen molar-refractivity contribution in [1.82, 2.24) is 14.9 Å². The molecule has 2 aromatic carbocycles. The van der Waals surface area contributed by atoms with Crippen LogP contribution < -0.4 is 5.56 Å². The second-order valence-electron chi connectivity index (χ2n) is 7.36. The number of halogens is 1. The van der Waals surface area contributed by atoms with Gasteiger partial charge in [0.15, 0.2) is 0 Å². The molecule has 1 N–H and O–H groups in total. The SMILES string of the molecule is Cc1ccc(-c2c(C)sc3nc(CN(C)Cc4ccccc4F)[nH]c(=O)c23)cc1. The number of aryl methyl sites for hydroxylation is 2. The predicted octanol–water partition coefficient (Wildman–Crippen LogP) is 5.04. The van der Waals surface area contributed by atoms with E-state index in [0.29, 0.717) is 29.9 Å². The summed E-state index contributed by atoms with van der Waals surface area (Å²) < 4.78 is 13.9. The van der Waals surface area contributed by atoms with Crippen LogP contribution in [0.5, 0.6) is 0 Å². The van der Waals surface area contributed by atoms with Crippen molar-refractivity contribution in [3.05, 3.63) is 86.5 Å². The number of rotatable bonds is 5. The van der Waals surface area contributed by atoms with Crippen LogP contribution in [0.2, 0.25) is 0 Å². The zero-order valence-electron chi connectivity index (χ0n) is 16.6. The Bertz CT molecular complexity index is 1230. The third-order valence-electron chi connectivity index (χ3n) is 4.95. The average molecular weight is 408 g/mol. The van der Waals surface area contributed by atoms with Crippen molar-refractivity contribution in [2.24, 2.45) is 0 Å². The van der Waals surface area contributed by atoms with Crippen LogP contribution in [0, 0.1) is 19.7 Å². The number of thiophene rings is 1. The van der Waals surface area contributed by atoms with E-state index >= 15 is 0 Å². The summed E-state index contributed by atoms with van der Waals surface area (Å²) in [6.45, 7) is 4.93. The Morgan fingerprint density at radius 1 is 1.07 bits per heavy atom. The van der Waals surface area contributed by atoms with E-state index in [1.807, 2.05) is 56.1 Å². The van der Waals surface area contributed by atoms with Crippen molar-refractivity contribution in [1.29, 1.82) is 0 Å². The fourth-order valence-electron chi connectivity index (χ4n) is 3.54. The molecule has 0 saturated heterocycles. The molecule has 0 amide bonds. The summed E-state index contributed by atoms with van der Waals surface area (Å²) in [5.41, 5.74) is 3.63. The maximum atomic E-state index is 13.9. The van der Waals surface area contributed by atoms with Gasteiger partial charge in [-0.25, -0.2) is 9.37 Å². The molecule has 148 valence electrons. The molecule has 0 atom stereocenters. The summed E-state index contributed by atoms with van der Waals surface area (Å²) in [5.74, 6) is 0.353. The van der Waals surface area contributed by atoms with Gasteiger partial charge in [0.25, 0.3) is 5.56 Å². The van der Waals surface area contributed by atoms with Gasteiger partial charge in [0.05, 0.1) is 11.9 Å². The minimum Gasteiger partial charge on any atom is -0.309 e. The highest BCUT2D eigenvalue weighted by molar-refractivity contribution is 7.19. The second-order valence-corrected chi connectivity index (χ2v) is 8.56. The number of benzene rings is 2. The highest BCUT2D eigenvalue weighted by Gasteiger charge is 2.17. The van der Waals surface area contributed by atoms with Crippen LogP contribution in [0.3, 0.4) is 0 Å². The molecular formula is C23H22FN3OS. The summed E-state index contributed by atoms with van der Waals surface area (Å²) in [7, 11) is 1.88. The molecule has 0 unspecified atom stereocenters. The van der Waals surface area contributed by atoms with Crippen LogP contribution in [0.15, 0.2) is 53.3 Å². The third-order valence-corrected chi connectivity index (χ3v) is 5.94. The van der Waals surface area contributed by atoms with Crippen molar-refractivity contribution >= 4 is 21.6 Å². The molecule has 2 aromatic heterocycles. The van der Waals surface area contributed by atoms with Gasteiger partial charge < -0.3 is 4.98 Å². The van der Waals surface area contributed by atoms with Gasteiger partial charge in [0.2, 0.25) is 0 Å². The Hall–Kier alpha value is -2.83. The van der Waals surface area contributed by atoms with E-state index in [0.717, 1.165) is 20.8 Å². The Kier molecular flexibility index (Phi) is 5.30. The monoisotopic (exact) mass is 407 g/mol. The first-order valence-electron chi connectivity index (χ1n) is 9.43. The zero-order valence-corrected chi connectivity index (χ0v) is 17.4. The molecule has 6 heteroatoms. The highest BCUT2D eigenvalue weighted by Crippen LogP contribution is 2.35. The fraction of sp³-hybridized carbons (Fsp3) is 0.217. The maximum absolute atomic E-state index is 13.9.